The first kappa shape index (κ1) is 13.8. The van der Waals surface area contributed by atoms with E-state index in [4.69, 9.17) is 5.73 Å². The number of rotatable bonds is 1. The SMILES string of the molecule is Cc1ccc(C(=O)N2CCCC(N)c3ccccc32)cn1. The van der Waals surface area contributed by atoms with Gasteiger partial charge in [0.05, 0.1) is 5.56 Å². The lowest BCUT2D eigenvalue weighted by atomic mass is 10.0. The lowest BCUT2D eigenvalue weighted by molar-refractivity contribution is 0.0986. The van der Waals surface area contributed by atoms with E-state index in [1.807, 2.05) is 48.2 Å². The van der Waals surface area contributed by atoms with Crippen LogP contribution in [0.1, 0.15) is 40.5 Å². The molecule has 4 nitrogen and oxygen atoms in total. The summed E-state index contributed by atoms with van der Waals surface area (Å²) >= 11 is 0. The lowest BCUT2D eigenvalue weighted by Crippen LogP contribution is -2.31. The van der Waals surface area contributed by atoms with E-state index in [0.29, 0.717) is 12.1 Å². The molecule has 0 radical (unpaired) electrons. The third kappa shape index (κ3) is 2.67. The summed E-state index contributed by atoms with van der Waals surface area (Å²) in [6.07, 6.45) is 3.44. The summed E-state index contributed by atoms with van der Waals surface area (Å²) in [5.41, 5.74) is 9.71. The Bertz CT molecular complexity index is 651. The summed E-state index contributed by atoms with van der Waals surface area (Å²) in [7, 11) is 0. The number of aryl methyl sites for hydroxylation is 1. The van der Waals surface area contributed by atoms with Gasteiger partial charge in [-0.25, -0.2) is 0 Å². The highest BCUT2D eigenvalue weighted by Crippen LogP contribution is 2.32. The fraction of sp³-hybridized carbons (Fsp3) is 0.294. The molecule has 108 valence electrons. The standard InChI is InChI=1S/C17H19N3O/c1-12-8-9-13(11-19-12)17(21)20-10-4-6-15(18)14-5-2-3-7-16(14)20/h2-3,5,7-9,11,15H,4,6,10,18H2,1H3. The molecular formula is C17H19N3O. The minimum Gasteiger partial charge on any atom is -0.324 e. The molecule has 1 amide bonds. The molecule has 2 N–H and O–H groups in total. The first-order valence-electron chi connectivity index (χ1n) is 7.26. The number of nitrogens with two attached hydrogens (primary N) is 1. The molecule has 21 heavy (non-hydrogen) atoms. The Kier molecular flexibility index (Phi) is 3.71. The van der Waals surface area contributed by atoms with Crippen molar-refractivity contribution in [2.24, 2.45) is 5.73 Å². The first-order chi connectivity index (χ1) is 10.2. The number of carbonyl (C=O) groups is 1. The zero-order chi connectivity index (χ0) is 14.8. The number of anilines is 1. The van der Waals surface area contributed by atoms with Gasteiger partial charge in [-0.15, -0.1) is 0 Å². The van der Waals surface area contributed by atoms with Crippen LogP contribution in [0.5, 0.6) is 0 Å². The molecule has 1 aromatic carbocycles. The van der Waals surface area contributed by atoms with Gasteiger partial charge in [0, 0.05) is 30.2 Å². The number of fused-ring (bicyclic) bond motifs is 1. The molecule has 0 spiro atoms. The van der Waals surface area contributed by atoms with Crippen molar-refractivity contribution in [3.8, 4) is 0 Å². The molecule has 0 saturated carbocycles. The van der Waals surface area contributed by atoms with Gasteiger partial charge in [-0.2, -0.15) is 0 Å². The zero-order valence-electron chi connectivity index (χ0n) is 12.1. The Hall–Kier alpha value is -2.20. The molecule has 2 aromatic rings. The Labute approximate surface area is 124 Å². The summed E-state index contributed by atoms with van der Waals surface area (Å²) in [5.74, 6) is -0.0101. The van der Waals surface area contributed by atoms with Crippen molar-refractivity contribution in [2.45, 2.75) is 25.8 Å². The Morgan fingerprint density at radius 2 is 2.10 bits per heavy atom. The number of hydrogen-bond donors (Lipinski definition) is 1. The molecule has 1 atom stereocenters. The zero-order valence-corrected chi connectivity index (χ0v) is 12.1. The van der Waals surface area contributed by atoms with Crippen LogP contribution in [0.4, 0.5) is 5.69 Å². The van der Waals surface area contributed by atoms with Gasteiger partial charge in [-0.1, -0.05) is 18.2 Å². The van der Waals surface area contributed by atoms with E-state index in [0.717, 1.165) is 29.8 Å². The average molecular weight is 281 g/mol. The van der Waals surface area contributed by atoms with E-state index < -0.39 is 0 Å². The van der Waals surface area contributed by atoms with Crippen LogP contribution in [-0.4, -0.2) is 17.4 Å². The second kappa shape index (κ2) is 5.66. The molecule has 1 aliphatic heterocycles. The van der Waals surface area contributed by atoms with Crippen molar-refractivity contribution >= 4 is 11.6 Å². The van der Waals surface area contributed by atoms with Gasteiger partial charge in [-0.3, -0.25) is 9.78 Å². The molecular weight excluding hydrogens is 262 g/mol. The summed E-state index contributed by atoms with van der Waals surface area (Å²) in [4.78, 5) is 18.8. The predicted molar refractivity (Wildman–Crippen MR) is 83.3 cm³/mol. The summed E-state index contributed by atoms with van der Waals surface area (Å²) in [5, 5.41) is 0. The van der Waals surface area contributed by atoms with Gasteiger partial charge < -0.3 is 10.6 Å². The van der Waals surface area contributed by atoms with E-state index in [9.17, 15) is 4.79 Å². The van der Waals surface area contributed by atoms with Crippen LogP contribution in [0.2, 0.25) is 0 Å². The second-order valence-electron chi connectivity index (χ2n) is 5.45. The molecule has 0 aliphatic carbocycles. The third-order valence-electron chi connectivity index (χ3n) is 3.93. The maximum Gasteiger partial charge on any atom is 0.259 e. The number of pyridine rings is 1. The second-order valence-corrected chi connectivity index (χ2v) is 5.45. The lowest BCUT2D eigenvalue weighted by Gasteiger charge is -2.23. The molecule has 0 bridgehead atoms. The van der Waals surface area contributed by atoms with E-state index in [1.165, 1.54) is 0 Å². The fourth-order valence-electron chi connectivity index (χ4n) is 2.75. The van der Waals surface area contributed by atoms with Gasteiger partial charge in [0.25, 0.3) is 5.91 Å². The van der Waals surface area contributed by atoms with Gasteiger partial charge in [0.1, 0.15) is 0 Å². The smallest absolute Gasteiger partial charge is 0.259 e. The fourth-order valence-corrected chi connectivity index (χ4v) is 2.75. The number of aromatic nitrogens is 1. The normalized spacial score (nSPS) is 18.0. The third-order valence-corrected chi connectivity index (χ3v) is 3.93. The van der Waals surface area contributed by atoms with Crippen molar-refractivity contribution in [1.82, 2.24) is 4.98 Å². The average Bonchev–Trinajstić information content (AvgIpc) is 2.67. The van der Waals surface area contributed by atoms with Crippen LogP contribution in [0.25, 0.3) is 0 Å². The van der Waals surface area contributed by atoms with Crippen molar-refractivity contribution in [3.05, 3.63) is 59.4 Å². The van der Waals surface area contributed by atoms with Gasteiger partial charge in [0.2, 0.25) is 0 Å². The molecule has 4 heteroatoms. The predicted octanol–water partition coefficient (Wildman–Crippen LogP) is 2.83. The number of amides is 1. The topological polar surface area (TPSA) is 59.2 Å². The van der Waals surface area contributed by atoms with Crippen LogP contribution in [0.3, 0.4) is 0 Å². The maximum absolute atomic E-state index is 12.8. The quantitative estimate of drug-likeness (QED) is 0.874. The molecule has 2 heterocycles. The monoisotopic (exact) mass is 281 g/mol. The van der Waals surface area contributed by atoms with Crippen molar-refractivity contribution in [2.75, 3.05) is 11.4 Å². The summed E-state index contributed by atoms with van der Waals surface area (Å²) in [6.45, 7) is 2.60. The molecule has 1 aromatic heterocycles. The van der Waals surface area contributed by atoms with E-state index >= 15 is 0 Å². The number of para-hydroxylation sites is 1. The van der Waals surface area contributed by atoms with Crippen LogP contribution in [-0.2, 0) is 0 Å². The number of nitrogens with zero attached hydrogens (tertiary/aromatic N) is 2. The van der Waals surface area contributed by atoms with Crippen molar-refractivity contribution in [3.63, 3.8) is 0 Å². The van der Waals surface area contributed by atoms with E-state index in [2.05, 4.69) is 4.98 Å². The van der Waals surface area contributed by atoms with Crippen LogP contribution in [0, 0.1) is 6.92 Å². The Morgan fingerprint density at radius 3 is 2.86 bits per heavy atom. The van der Waals surface area contributed by atoms with Gasteiger partial charge >= 0.3 is 0 Å². The summed E-state index contributed by atoms with van der Waals surface area (Å²) < 4.78 is 0. The van der Waals surface area contributed by atoms with Gasteiger partial charge in [-0.05, 0) is 43.5 Å². The van der Waals surface area contributed by atoms with Crippen LogP contribution >= 0.6 is 0 Å². The molecule has 0 fully saturated rings. The van der Waals surface area contributed by atoms with Crippen molar-refractivity contribution < 1.29 is 4.79 Å². The Morgan fingerprint density at radius 1 is 1.29 bits per heavy atom. The molecule has 3 rings (SSSR count). The highest BCUT2D eigenvalue weighted by molar-refractivity contribution is 6.06. The largest absolute Gasteiger partial charge is 0.324 e. The highest BCUT2D eigenvalue weighted by atomic mass is 16.2. The minimum atomic E-state index is -0.0101. The first-order valence-corrected chi connectivity index (χ1v) is 7.26. The van der Waals surface area contributed by atoms with Crippen LogP contribution in [0.15, 0.2) is 42.6 Å². The number of carbonyl (C=O) groups excluding carboxylic acids is 1. The number of benzene rings is 1. The van der Waals surface area contributed by atoms with Crippen molar-refractivity contribution in [1.29, 1.82) is 0 Å². The van der Waals surface area contributed by atoms with Crippen LogP contribution < -0.4 is 10.6 Å². The minimum absolute atomic E-state index is 0.00450. The maximum atomic E-state index is 12.8. The Balaban J connectivity index is 1.99. The molecule has 0 saturated heterocycles. The van der Waals surface area contributed by atoms with Gasteiger partial charge in [0.15, 0.2) is 0 Å². The van der Waals surface area contributed by atoms with E-state index in [1.54, 1.807) is 6.20 Å². The number of hydrogen-bond acceptors (Lipinski definition) is 3. The van der Waals surface area contributed by atoms with E-state index in [-0.39, 0.29) is 11.9 Å². The molecule has 1 unspecified atom stereocenters. The molecule has 1 aliphatic rings. The summed E-state index contributed by atoms with van der Waals surface area (Å²) in [6, 6.07) is 11.6. The highest BCUT2D eigenvalue weighted by Gasteiger charge is 2.25.